The van der Waals surface area contributed by atoms with Crippen molar-refractivity contribution in [3.8, 4) is 0 Å². The van der Waals surface area contributed by atoms with Crippen LogP contribution < -0.4 is 11.5 Å². The first-order chi connectivity index (χ1) is 10.0. The van der Waals surface area contributed by atoms with Crippen LogP contribution in [0.2, 0.25) is 0 Å². The van der Waals surface area contributed by atoms with Gasteiger partial charge in [0, 0.05) is 20.1 Å². The van der Waals surface area contributed by atoms with E-state index < -0.39 is 0 Å². The summed E-state index contributed by atoms with van der Waals surface area (Å²) in [6.07, 6.45) is 1.57. The highest BCUT2D eigenvalue weighted by Crippen LogP contribution is 2.20. The van der Waals surface area contributed by atoms with E-state index in [4.69, 9.17) is 11.5 Å². The molecule has 1 atom stereocenters. The summed E-state index contributed by atoms with van der Waals surface area (Å²) in [5, 5.41) is 8.60. The fourth-order valence-corrected chi connectivity index (χ4v) is 3.13. The van der Waals surface area contributed by atoms with Gasteiger partial charge in [-0.25, -0.2) is 0 Å². The maximum Gasteiger partial charge on any atom is 0.233 e. The van der Waals surface area contributed by atoms with E-state index in [2.05, 4.69) is 10.2 Å². The molecule has 0 aromatic carbocycles. The van der Waals surface area contributed by atoms with Crippen LogP contribution >= 0.6 is 11.8 Å². The largest absolute Gasteiger partial charge is 0.369 e. The van der Waals surface area contributed by atoms with Gasteiger partial charge in [0.1, 0.15) is 5.82 Å². The number of aromatic nitrogens is 3. The van der Waals surface area contributed by atoms with Crippen LogP contribution in [0.4, 0.5) is 0 Å². The van der Waals surface area contributed by atoms with Gasteiger partial charge in [-0.05, 0) is 12.8 Å². The van der Waals surface area contributed by atoms with Gasteiger partial charge in [-0.2, -0.15) is 0 Å². The fourth-order valence-electron chi connectivity index (χ4n) is 2.30. The van der Waals surface area contributed by atoms with E-state index in [1.54, 1.807) is 9.47 Å². The van der Waals surface area contributed by atoms with Gasteiger partial charge in [-0.15, -0.1) is 10.2 Å². The lowest BCUT2D eigenvalue weighted by Gasteiger charge is -2.31. The van der Waals surface area contributed by atoms with Crippen molar-refractivity contribution in [1.29, 1.82) is 0 Å². The molecular weight excluding hydrogens is 292 g/mol. The van der Waals surface area contributed by atoms with Crippen LogP contribution in [-0.4, -0.2) is 50.3 Å². The SMILES string of the molecule is Cn1c(CN)nnc1SCC(=O)N1CCCC(C(N)=O)C1. The molecule has 0 aliphatic carbocycles. The Hall–Kier alpha value is -1.61. The Balaban J connectivity index is 1.89. The molecule has 4 N–H and O–H groups in total. The third kappa shape index (κ3) is 3.73. The zero-order chi connectivity index (χ0) is 15.4. The summed E-state index contributed by atoms with van der Waals surface area (Å²) in [5.41, 5.74) is 10.8. The lowest BCUT2D eigenvalue weighted by Crippen LogP contribution is -2.44. The summed E-state index contributed by atoms with van der Waals surface area (Å²) < 4.78 is 1.78. The van der Waals surface area contributed by atoms with Crippen molar-refractivity contribution < 1.29 is 9.59 Å². The number of carbonyl (C=O) groups is 2. The molecule has 1 aromatic rings. The number of amides is 2. The van der Waals surface area contributed by atoms with Gasteiger partial charge in [-0.1, -0.05) is 11.8 Å². The van der Waals surface area contributed by atoms with Crippen molar-refractivity contribution in [3.05, 3.63) is 5.82 Å². The molecule has 1 aliphatic rings. The summed E-state index contributed by atoms with van der Waals surface area (Å²) in [5.74, 6) is 0.370. The summed E-state index contributed by atoms with van der Waals surface area (Å²) >= 11 is 1.32. The van der Waals surface area contributed by atoms with Gasteiger partial charge >= 0.3 is 0 Å². The zero-order valence-corrected chi connectivity index (χ0v) is 12.8. The second kappa shape index (κ2) is 6.90. The zero-order valence-electron chi connectivity index (χ0n) is 12.0. The number of piperidine rings is 1. The van der Waals surface area contributed by atoms with Crippen LogP contribution in [0.25, 0.3) is 0 Å². The standard InChI is InChI=1S/C12H20N6O2S/c1-17-9(5-13)15-16-12(17)21-7-10(19)18-4-2-3-8(6-18)11(14)20/h8H,2-7,13H2,1H3,(H2,14,20). The van der Waals surface area contributed by atoms with E-state index in [0.717, 1.165) is 12.8 Å². The molecule has 1 fully saturated rings. The smallest absolute Gasteiger partial charge is 0.233 e. The third-order valence-corrected chi connectivity index (χ3v) is 4.61. The Morgan fingerprint density at radius 2 is 2.19 bits per heavy atom. The van der Waals surface area contributed by atoms with Gasteiger partial charge in [-0.3, -0.25) is 9.59 Å². The Bertz CT molecular complexity index is 532. The maximum absolute atomic E-state index is 12.2. The van der Waals surface area contributed by atoms with Gasteiger partial charge in [0.2, 0.25) is 11.8 Å². The molecule has 0 saturated carbocycles. The third-order valence-electron chi connectivity index (χ3n) is 3.61. The minimum absolute atomic E-state index is 0.0109. The summed E-state index contributed by atoms with van der Waals surface area (Å²) in [6.45, 7) is 1.40. The lowest BCUT2D eigenvalue weighted by atomic mass is 9.97. The highest BCUT2D eigenvalue weighted by molar-refractivity contribution is 7.99. The monoisotopic (exact) mass is 312 g/mol. The number of hydrogen-bond acceptors (Lipinski definition) is 6. The molecule has 1 unspecified atom stereocenters. The van der Waals surface area contributed by atoms with Crippen LogP contribution in [-0.2, 0) is 23.2 Å². The van der Waals surface area contributed by atoms with Crippen molar-refractivity contribution in [2.45, 2.75) is 24.5 Å². The molecule has 2 heterocycles. The Labute approximate surface area is 127 Å². The highest BCUT2D eigenvalue weighted by atomic mass is 32.2. The van der Waals surface area contributed by atoms with Crippen molar-refractivity contribution in [3.63, 3.8) is 0 Å². The Morgan fingerprint density at radius 1 is 1.43 bits per heavy atom. The molecule has 2 amide bonds. The molecule has 9 heteroatoms. The summed E-state index contributed by atoms with van der Waals surface area (Å²) in [4.78, 5) is 25.1. The number of likely N-dealkylation sites (tertiary alicyclic amines) is 1. The predicted octanol–water partition coefficient (Wildman–Crippen LogP) is -0.910. The number of hydrogen-bond donors (Lipinski definition) is 2. The van der Waals surface area contributed by atoms with Crippen molar-refractivity contribution >= 4 is 23.6 Å². The molecular formula is C12H20N6O2S. The molecule has 116 valence electrons. The number of nitrogens with two attached hydrogens (primary N) is 2. The van der Waals surface area contributed by atoms with E-state index in [1.165, 1.54) is 11.8 Å². The average molecular weight is 312 g/mol. The first kappa shape index (κ1) is 15.8. The highest BCUT2D eigenvalue weighted by Gasteiger charge is 2.27. The number of thioether (sulfide) groups is 1. The first-order valence-electron chi connectivity index (χ1n) is 6.81. The van der Waals surface area contributed by atoms with E-state index >= 15 is 0 Å². The van der Waals surface area contributed by atoms with Gasteiger partial charge in [0.05, 0.1) is 18.2 Å². The number of carbonyl (C=O) groups excluding carboxylic acids is 2. The Morgan fingerprint density at radius 3 is 2.81 bits per heavy atom. The van der Waals surface area contributed by atoms with Gasteiger partial charge in [0.25, 0.3) is 0 Å². The number of nitrogens with zero attached hydrogens (tertiary/aromatic N) is 4. The number of primary amides is 1. The van der Waals surface area contributed by atoms with Crippen LogP contribution in [0, 0.1) is 5.92 Å². The molecule has 1 aliphatic heterocycles. The molecule has 0 radical (unpaired) electrons. The van der Waals surface area contributed by atoms with Crippen molar-refractivity contribution in [2.24, 2.45) is 24.4 Å². The van der Waals surface area contributed by atoms with Crippen LogP contribution in [0.1, 0.15) is 18.7 Å². The molecule has 1 aromatic heterocycles. The summed E-state index contributed by atoms with van der Waals surface area (Å²) in [7, 11) is 1.82. The molecule has 2 rings (SSSR count). The maximum atomic E-state index is 12.2. The normalized spacial score (nSPS) is 18.8. The fraction of sp³-hybridized carbons (Fsp3) is 0.667. The minimum Gasteiger partial charge on any atom is -0.369 e. The summed E-state index contributed by atoms with van der Waals surface area (Å²) in [6, 6.07) is 0. The second-order valence-electron chi connectivity index (χ2n) is 5.03. The molecule has 1 saturated heterocycles. The van der Waals surface area contributed by atoms with Crippen molar-refractivity contribution in [1.82, 2.24) is 19.7 Å². The average Bonchev–Trinajstić information content (AvgIpc) is 2.85. The van der Waals surface area contributed by atoms with Gasteiger partial charge < -0.3 is 20.9 Å². The molecule has 8 nitrogen and oxygen atoms in total. The Kier molecular flexibility index (Phi) is 5.18. The van der Waals surface area contributed by atoms with Crippen LogP contribution in [0.3, 0.4) is 0 Å². The van der Waals surface area contributed by atoms with E-state index in [1.807, 2.05) is 7.05 Å². The van der Waals surface area contributed by atoms with Crippen molar-refractivity contribution in [2.75, 3.05) is 18.8 Å². The van der Waals surface area contributed by atoms with E-state index in [0.29, 0.717) is 30.6 Å². The predicted molar refractivity (Wildman–Crippen MR) is 78.1 cm³/mol. The van der Waals surface area contributed by atoms with Gasteiger partial charge in [0.15, 0.2) is 5.16 Å². The topological polar surface area (TPSA) is 120 Å². The van der Waals surface area contributed by atoms with Crippen LogP contribution in [0.15, 0.2) is 5.16 Å². The first-order valence-corrected chi connectivity index (χ1v) is 7.79. The van der Waals surface area contributed by atoms with Crippen LogP contribution in [0.5, 0.6) is 0 Å². The molecule has 0 spiro atoms. The minimum atomic E-state index is -0.332. The lowest BCUT2D eigenvalue weighted by molar-refractivity contribution is -0.132. The van der Waals surface area contributed by atoms with E-state index in [9.17, 15) is 9.59 Å². The molecule has 21 heavy (non-hydrogen) atoms. The van der Waals surface area contributed by atoms with E-state index in [-0.39, 0.29) is 23.5 Å². The number of rotatable bonds is 5. The molecule has 0 bridgehead atoms. The quantitative estimate of drug-likeness (QED) is 0.679. The second-order valence-corrected chi connectivity index (χ2v) is 5.97.